The zero-order valence-corrected chi connectivity index (χ0v) is 21.4. The predicted octanol–water partition coefficient (Wildman–Crippen LogP) is 7.14. The highest BCUT2D eigenvalue weighted by molar-refractivity contribution is 5.91. The molecule has 0 aliphatic heterocycles. The normalized spacial score (nSPS) is 40.7. The van der Waals surface area contributed by atoms with Gasteiger partial charge < -0.3 is 4.74 Å². The van der Waals surface area contributed by atoms with Crippen molar-refractivity contribution in [3.05, 3.63) is 11.6 Å². The molecule has 0 bridgehead atoms. The van der Waals surface area contributed by atoms with Crippen LogP contribution in [0.3, 0.4) is 0 Å². The maximum atomic E-state index is 12.1. The second-order valence-electron chi connectivity index (χ2n) is 12.6. The number of allylic oxidation sites excluding steroid dienone is 1. The maximum Gasteiger partial charge on any atom is 0.302 e. The molecule has 0 saturated heterocycles. The van der Waals surface area contributed by atoms with Crippen LogP contribution in [0, 0.1) is 46.3 Å². The molecule has 0 radical (unpaired) electrons. The number of carbonyl (C=O) groups is 2. The number of esters is 1. The molecule has 3 saturated carbocycles. The van der Waals surface area contributed by atoms with Crippen LogP contribution in [0.5, 0.6) is 0 Å². The monoisotopic (exact) mass is 442 g/mol. The van der Waals surface area contributed by atoms with Crippen molar-refractivity contribution in [2.75, 3.05) is 0 Å². The molecule has 3 fully saturated rings. The fourth-order valence-corrected chi connectivity index (χ4v) is 8.90. The molecule has 0 heterocycles. The molecule has 0 aromatic carbocycles. The summed E-state index contributed by atoms with van der Waals surface area (Å²) in [5.74, 6) is 4.52. The van der Waals surface area contributed by atoms with E-state index in [1.54, 1.807) is 0 Å². The molecule has 0 aromatic heterocycles. The number of fused-ring (bicyclic) bond motifs is 5. The van der Waals surface area contributed by atoms with E-state index >= 15 is 0 Å². The van der Waals surface area contributed by atoms with Gasteiger partial charge in [0.25, 0.3) is 0 Å². The van der Waals surface area contributed by atoms with Gasteiger partial charge in [-0.05, 0) is 110 Å². The van der Waals surface area contributed by atoms with Gasteiger partial charge in [-0.2, -0.15) is 0 Å². The van der Waals surface area contributed by atoms with Crippen LogP contribution in [-0.4, -0.2) is 17.9 Å². The molecule has 4 aliphatic rings. The minimum Gasteiger partial charge on any atom is -0.462 e. The third kappa shape index (κ3) is 4.11. The molecule has 4 rings (SSSR count). The van der Waals surface area contributed by atoms with Gasteiger partial charge in [-0.3, -0.25) is 9.59 Å². The molecular formula is C29H46O3. The van der Waals surface area contributed by atoms with Crippen molar-refractivity contribution < 1.29 is 14.3 Å². The summed E-state index contributed by atoms with van der Waals surface area (Å²) in [6, 6.07) is 0. The summed E-state index contributed by atoms with van der Waals surface area (Å²) in [6.45, 7) is 13.4. The molecule has 0 unspecified atom stereocenters. The first-order valence-corrected chi connectivity index (χ1v) is 13.5. The average molecular weight is 443 g/mol. The van der Waals surface area contributed by atoms with Gasteiger partial charge in [0.05, 0.1) is 0 Å². The number of hydrogen-bond acceptors (Lipinski definition) is 3. The van der Waals surface area contributed by atoms with Gasteiger partial charge in [-0.25, -0.2) is 0 Å². The number of ketones is 1. The third-order valence-electron chi connectivity index (χ3n) is 10.7. The number of carbonyl (C=O) groups excluding carboxylic acids is 2. The SMILES string of the molecule is CC(=O)O[C@@H](CC[C@@H](C)[C@H]1CC[C@H]2[C@@H]3CCC4=CC(=O)CC[C@]4(C)[C@H]3CC[C@]12C)C(C)C. The lowest BCUT2D eigenvalue weighted by Crippen LogP contribution is -2.51. The van der Waals surface area contributed by atoms with Gasteiger partial charge in [0, 0.05) is 13.3 Å². The fourth-order valence-electron chi connectivity index (χ4n) is 8.90. The van der Waals surface area contributed by atoms with E-state index in [0.29, 0.717) is 23.0 Å². The number of hydrogen-bond donors (Lipinski definition) is 0. The van der Waals surface area contributed by atoms with E-state index in [2.05, 4.69) is 34.6 Å². The van der Waals surface area contributed by atoms with E-state index < -0.39 is 0 Å². The first kappa shape index (κ1) is 24.0. The van der Waals surface area contributed by atoms with Crippen LogP contribution in [0.4, 0.5) is 0 Å². The molecular weight excluding hydrogens is 396 g/mol. The van der Waals surface area contributed by atoms with Crippen molar-refractivity contribution in [3.8, 4) is 0 Å². The largest absolute Gasteiger partial charge is 0.462 e. The van der Waals surface area contributed by atoms with Gasteiger partial charge in [-0.15, -0.1) is 0 Å². The molecule has 3 heteroatoms. The minimum atomic E-state index is -0.147. The highest BCUT2D eigenvalue weighted by atomic mass is 16.5. The Balaban J connectivity index is 1.45. The van der Waals surface area contributed by atoms with Crippen molar-refractivity contribution >= 4 is 11.8 Å². The Labute approximate surface area is 196 Å². The Morgan fingerprint density at radius 1 is 1.03 bits per heavy atom. The van der Waals surface area contributed by atoms with Crippen LogP contribution in [0.2, 0.25) is 0 Å². The van der Waals surface area contributed by atoms with Gasteiger partial charge in [-0.1, -0.05) is 40.2 Å². The summed E-state index contributed by atoms with van der Waals surface area (Å²) in [4.78, 5) is 23.6. The lowest BCUT2D eigenvalue weighted by Gasteiger charge is -2.58. The Morgan fingerprint density at radius 2 is 1.78 bits per heavy atom. The molecule has 180 valence electrons. The highest BCUT2D eigenvalue weighted by Crippen LogP contribution is 2.67. The Kier molecular flexibility index (Phi) is 6.69. The molecule has 4 aliphatic carbocycles. The van der Waals surface area contributed by atoms with Crippen molar-refractivity contribution in [2.45, 2.75) is 112 Å². The number of rotatable bonds is 6. The van der Waals surface area contributed by atoms with E-state index in [0.717, 1.165) is 55.8 Å². The standard InChI is InChI=1S/C29H46O3/c1-18(2)27(32-20(4)30)12-7-19(3)24-10-11-25-23-9-8-21-17-22(31)13-15-28(21,5)26(23)14-16-29(24,25)6/h17-19,23-27H,7-16H2,1-6H3/t19-,23+,24-,25+,26+,27+,28+,29-/m1/s1. The molecule has 32 heavy (non-hydrogen) atoms. The van der Waals surface area contributed by atoms with Crippen LogP contribution in [0.1, 0.15) is 106 Å². The summed E-state index contributed by atoms with van der Waals surface area (Å²) >= 11 is 0. The quantitative estimate of drug-likeness (QED) is 0.411. The zero-order valence-electron chi connectivity index (χ0n) is 21.4. The van der Waals surface area contributed by atoms with Crippen molar-refractivity contribution in [3.63, 3.8) is 0 Å². The van der Waals surface area contributed by atoms with E-state index in [-0.39, 0.29) is 17.5 Å². The van der Waals surface area contributed by atoms with Crippen LogP contribution in [0.15, 0.2) is 11.6 Å². The Bertz CT molecular complexity index is 766. The summed E-state index contributed by atoms with van der Waals surface area (Å²) in [5, 5.41) is 0. The maximum absolute atomic E-state index is 12.1. The van der Waals surface area contributed by atoms with Crippen molar-refractivity contribution in [1.82, 2.24) is 0 Å². The van der Waals surface area contributed by atoms with Crippen LogP contribution >= 0.6 is 0 Å². The molecule has 0 amide bonds. The zero-order chi connectivity index (χ0) is 23.3. The lowest BCUT2D eigenvalue weighted by molar-refractivity contribution is -0.149. The Morgan fingerprint density at radius 3 is 2.47 bits per heavy atom. The van der Waals surface area contributed by atoms with E-state index in [4.69, 9.17) is 4.74 Å². The second kappa shape index (κ2) is 8.91. The molecule has 0 aromatic rings. The second-order valence-corrected chi connectivity index (χ2v) is 12.6. The number of ether oxygens (including phenoxy) is 1. The van der Waals surface area contributed by atoms with E-state index in [1.165, 1.54) is 44.6 Å². The smallest absolute Gasteiger partial charge is 0.302 e. The van der Waals surface area contributed by atoms with E-state index in [9.17, 15) is 9.59 Å². The van der Waals surface area contributed by atoms with Crippen LogP contribution in [0.25, 0.3) is 0 Å². The summed E-state index contributed by atoms with van der Waals surface area (Å²) in [5.41, 5.74) is 2.21. The minimum absolute atomic E-state index is 0.0493. The van der Waals surface area contributed by atoms with Crippen LogP contribution in [-0.2, 0) is 14.3 Å². The molecule has 0 N–H and O–H groups in total. The molecule has 0 spiro atoms. The lowest BCUT2D eigenvalue weighted by atomic mass is 9.46. The van der Waals surface area contributed by atoms with Gasteiger partial charge in [0.1, 0.15) is 6.10 Å². The highest BCUT2D eigenvalue weighted by Gasteiger charge is 2.59. The third-order valence-corrected chi connectivity index (χ3v) is 10.7. The van der Waals surface area contributed by atoms with E-state index in [1.807, 2.05) is 6.08 Å². The molecule has 8 atom stereocenters. The first-order chi connectivity index (χ1) is 15.1. The summed E-state index contributed by atoms with van der Waals surface area (Å²) < 4.78 is 5.63. The summed E-state index contributed by atoms with van der Waals surface area (Å²) in [7, 11) is 0. The van der Waals surface area contributed by atoms with Crippen molar-refractivity contribution in [2.24, 2.45) is 46.3 Å². The van der Waals surface area contributed by atoms with Crippen molar-refractivity contribution in [1.29, 1.82) is 0 Å². The topological polar surface area (TPSA) is 43.4 Å². The predicted molar refractivity (Wildman–Crippen MR) is 129 cm³/mol. The van der Waals surface area contributed by atoms with Gasteiger partial charge in [0.2, 0.25) is 0 Å². The summed E-state index contributed by atoms with van der Waals surface area (Å²) in [6.07, 6.45) is 13.9. The molecule has 3 nitrogen and oxygen atoms in total. The van der Waals surface area contributed by atoms with Crippen LogP contribution < -0.4 is 0 Å². The van der Waals surface area contributed by atoms with Gasteiger partial charge >= 0.3 is 5.97 Å². The fraction of sp³-hybridized carbons (Fsp3) is 0.862. The Hall–Kier alpha value is -1.12. The average Bonchev–Trinajstić information content (AvgIpc) is 3.08. The van der Waals surface area contributed by atoms with Gasteiger partial charge in [0.15, 0.2) is 5.78 Å². The first-order valence-electron chi connectivity index (χ1n) is 13.5.